The van der Waals surface area contributed by atoms with Crippen LogP contribution >= 0.6 is 0 Å². The van der Waals surface area contributed by atoms with Crippen molar-refractivity contribution in [1.82, 2.24) is 9.47 Å². The summed E-state index contributed by atoms with van der Waals surface area (Å²) >= 11 is 0. The fourth-order valence-corrected chi connectivity index (χ4v) is 4.89. The first kappa shape index (κ1) is 24.6. The Kier molecular flexibility index (Phi) is 7.31. The summed E-state index contributed by atoms with van der Waals surface area (Å²) in [4.78, 5) is 18.0. The molecule has 1 unspecified atom stereocenters. The van der Waals surface area contributed by atoms with Gasteiger partial charge in [-0.1, -0.05) is 6.07 Å². The summed E-state index contributed by atoms with van der Waals surface area (Å²) in [6, 6.07) is 13.3. The third-order valence-corrected chi connectivity index (χ3v) is 6.71. The molecular formula is C27H32FN3O4. The highest BCUT2D eigenvalue weighted by Crippen LogP contribution is 2.37. The summed E-state index contributed by atoms with van der Waals surface area (Å²) in [5, 5.41) is 11.0. The van der Waals surface area contributed by atoms with E-state index in [4.69, 9.17) is 9.47 Å². The van der Waals surface area contributed by atoms with Crippen molar-refractivity contribution >= 4 is 5.69 Å². The lowest BCUT2D eigenvalue weighted by Gasteiger charge is -2.40. The molecule has 35 heavy (non-hydrogen) atoms. The zero-order valence-electron chi connectivity index (χ0n) is 20.6. The molecule has 0 radical (unpaired) electrons. The number of nitrogens with zero attached hydrogens (tertiary/aromatic N) is 3. The number of anilines is 1. The van der Waals surface area contributed by atoms with E-state index in [1.54, 1.807) is 37.0 Å². The Hall–Kier alpha value is -3.52. The average Bonchev–Trinajstić information content (AvgIpc) is 2.87. The molecule has 2 heterocycles. The van der Waals surface area contributed by atoms with Gasteiger partial charge in [0.25, 0.3) is 5.56 Å². The highest BCUT2D eigenvalue weighted by molar-refractivity contribution is 5.49. The van der Waals surface area contributed by atoms with Crippen LogP contribution in [0, 0.1) is 12.7 Å². The molecule has 0 bridgehead atoms. The lowest BCUT2D eigenvalue weighted by atomic mass is 9.95. The number of rotatable bonds is 7. The Morgan fingerprint density at radius 2 is 1.63 bits per heavy atom. The number of aryl methyl sites for hydroxylation is 1. The van der Waals surface area contributed by atoms with E-state index < -0.39 is 6.04 Å². The number of aromatic nitrogens is 1. The molecule has 0 saturated carbocycles. The second-order valence-corrected chi connectivity index (χ2v) is 8.65. The average molecular weight is 482 g/mol. The van der Waals surface area contributed by atoms with Crippen LogP contribution < -0.4 is 19.9 Å². The largest absolute Gasteiger partial charge is 0.507 e. The van der Waals surface area contributed by atoms with E-state index in [2.05, 4.69) is 9.80 Å². The molecule has 2 aromatic carbocycles. The second-order valence-electron chi connectivity index (χ2n) is 8.65. The zero-order valence-corrected chi connectivity index (χ0v) is 20.6. The van der Waals surface area contributed by atoms with Gasteiger partial charge < -0.3 is 24.0 Å². The summed E-state index contributed by atoms with van der Waals surface area (Å²) in [7, 11) is 3.15. The van der Waals surface area contributed by atoms with Gasteiger partial charge in [0.15, 0.2) is 11.5 Å². The summed E-state index contributed by atoms with van der Waals surface area (Å²) < 4.78 is 26.0. The molecule has 0 aliphatic carbocycles. The lowest BCUT2D eigenvalue weighted by Crippen LogP contribution is -2.49. The molecule has 0 spiro atoms. The number of methoxy groups -OCH3 is 2. The molecule has 1 aliphatic heterocycles. The van der Waals surface area contributed by atoms with Gasteiger partial charge in [-0.05, 0) is 61.9 Å². The maximum absolute atomic E-state index is 13.6. The number of piperazine rings is 1. The van der Waals surface area contributed by atoms with Crippen LogP contribution in [0.4, 0.5) is 10.1 Å². The van der Waals surface area contributed by atoms with Gasteiger partial charge in [0.05, 0.1) is 25.8 Å². The first-order valence-corrected chi connectivity index (χ1v) is 11.8. The Morgan fingerprint density at radius 1 is 0.971 bits per heavy atom. The van der Waals surface area contributed by atoms with Crippen molar-refractivity contribution in [3.63, 3.8) is 0 Å². The number of pyridine rings is 1. The number of ether oxygens (including phenoxy) is 2. The first-order chi connectivity index (χ1) is 16.9. The van der Waals surface area contributed by atoms with Crippen molar-refractivity contribution in [2.24, 2.45) is 0 Å². The van der Waals surface area contributed by atoms with Crippen molar-refractivity contribution in [3.8, 4) is 17.2 Å². The van der Waals surface area contributed by atoms with Crippen molar-refractivity contribution in [2.45, 2.75) is 26.4 Å². The van der Waals surface area contributed by atoms with Crippen LogP contribution in [0.5, 0.6) is 17.2 Å². The van der Waals surface area contributed by atoms with Crippen molar-refractivity contribution in [1.29, 1.82) is 0 Å². The van der Waals surface area contributed by atoms with Crippen LogP contribution in [0.3, 0.4) is 0 Å². The summed E-state index contributed by atoms with van der Waals surface area (Å²) in [6.45, 7) is 6.94. The van der Waals surface area contributed by atoms with Gasteiger partial charge in [-0.2, -0.15) is 0 Å². The first-order valence-electron chi connectivity index (χ1n) is 11.8. The number of halogens is 1. The quantitative estimate of drug-likeness (QED) is 0.551. The fraction of sp³-hybridized carbons (Fsp3) is 0.370. The molecule has 8 heteroatoms. The molecule has 3 aromatic rings. The molecule has 1 atom stereocenters. The van der Waals surface area contributed by atoms with Gasteiger partial charge >= 0.3 is 0 Å². The maximum Gasteiger partial charge on any atom is 0.259 e. The van der Waals surface area contributed by atoms with E-state index in [-0.39, 0.29) is 17.1 Å². The van der Waals surface area contributed by atoms with E-state index in [0.717, 1.165) is 11.3 Å². The van der Waals surface area contributed by atoms with E-state index >= 15 is 0 Å². The highest BCUT2D eigenvalue weighted by atomic mass is 19.1. The van der Waals surface area contributed by atoms with Crippen molar-refractivity contribution in [2.75, 3.05) is 45.3 Å². The van der Waals surface area contributed by atoms with E-state index in [0.29, 0.717) is 55.5 Å². The summed E-state index contributed by atoms with van der Waals surface area (Å²) in [5.74, 6) is 0.874. The van der Waals surface area contributed by atoms with Crippen molar-refractivity contribution in [3.05, 3.63) is 81.5 Å². The van der Waals surface area contributed by atoms with Gasteiger partial charge in [-0.15, -0.1) is 0 Å². The van der Waals surface area contributed by atoms with E-state index in [9.17, 15) is 14.3 Å². The minimum Gasteiger partial charge on any atom is -0.507 e. The number of hydrogen-bond donors (Lipinski definition) is 1. The molecule has 0 amide bonds. The third kappa shape index (κ3) is 4.84. The minimum absolute atomic E-state index is 0.0158. The number of aromatic hydroxyl groups is 1. The molecule has 1 aliphatic rings. The van der Waals surface area contributed by atoms with E-state index in [1.165, 1.54) is 12.1 Å². The number of benzene rings is 2. The summed E-state index contributed by atoms with van der Waals surface area (Å²) in [5.41, 5.74) is 2.65. The third-order valence-electron chi connectivity index (χ3n) is 6.71. The topological polar surface area (TPSA) is 67.2 Å². The monoisotopic (exact) mass is 481 g/mol. The predicted molar refractivity (Wildman–Crippen MR) is 134 cm³/mol. The standard InChI is InChI=1S/C27H32FN3O4/c1-5-31-18(2)16-22(32)25(27(31)33)26(19-6-11-23(34-3)24(17-19)35-4)30-14-12-29(13-15-30)21-9-7-20(28)8-10-21/h6-11,16-17,26,32H,5,12-15H2,1-4H3. The van der Waals surface area contributed by atoms with Crippen LogP contribution in [-0.4, -0.2) is 55.0 Å². The van der Waals surface area contributed by atoms with Gasteiger partial charge in [-0.3, -0.25) is 9.69 Å². The van der Waals surface area contributed by atoms with Crippen molar-refractivity contribution < 1.29 is 19.0 Å². The highest BCUT2D eigenvalue weighted by Gasteiger charge is 2.32. The number of hydrogen-bond acceptors (Lipinski definition) is 6. The minimum atomic E-state index is -0.476. The Balaban J connectivity index is 1.75. The lowest BCUT2D eigenvalue weighted by molar-refractivity contribution is 0.207. The molecule has 7 nitrogen and oxygen atoms in total. The second kappa shape index (κ2) is 10.4. The Labute approximate surface area is 204 Å². The fourth-order valence-electron chi connectivity index (χ4n) is 4.89. The molecule has 1 saturated heterocycles. The zero-order chi connectivity index (χ0) is 25.1. The predicted octanol–water partition coefficient (Wildman–Crippen LogP) is 3.95. The molecule has 1 fully saturated rings. The van der Waals surface area contributed by atoms with Crippen LogP contribution in [0.2, 0.25) is 0 Å². The van der Waals surface area contributed by atoms with Gasteiger partial charge in [0.1, 0.15) is 11.6 Å². The van der Waals surface area contributed by atoms with Crippen LogP contribution in [0.1, 0.15) is 29.8 Å². The molecule has 4 rings (SSSR count). The van der Waals surface area contributed by atoms with Crippen LogP contribution in [0.25, 0.3) is 0 Å². The van der Waals surface area contributed by atoms with Gasteiger partial charge in [0, 0.05) is 44.1 Å². The Bertz CT molecular complexity index is 1230. The Morgan fingerprint density at radius 3 is 2.23 bits per heavy atom. The molecule has 1 N–H and O–H groups in total. The maximum atomic E-state index is 13.6. The summed E-state index contributed by atoms with van der Waals surface area (Å²) in [6.07, 6.45) is 0. The normalized spacial score (nSPS) is 15.2. The molecule has 186 valence electrons. The van der Waals surface area contributed by atoms with Crippen LogP contribution in [0.15, 0.2) is 53.3 Å². The SMILES string of the molecule is CCn1c(C)cc(O)c(C(c2ccc(OC)c(OC)c2)N2CCN(c3ccc(F)cc3)CC2)c1=O. The molecular weight excluding hydrogens is 449 g/mol. The molecule has 1 aromatic heterocycles. The van der Waals surface area contributed by atoms with Gasteiger partial charge in [-0.25, -0.2) is 4.39 Å². The smallest absolute Gasteiger partial charge is 0.259 e. The van der Waals surface area contributed by atoms with E-state index in [1.807, 2.05) is 32.0 Å². The van der Waals surface area contributed by atoms with Gasteiger partial charge in [0.2, 0.25) is 0 Å². The van der Waals surface area contributed by atoms with Crippen LogP contribution in [-0.2, 0) is 6.54 Å².